The number of ether oxygens (including phenoxy) is 1. The van der Waals surface area contributed by atoms with E-state index >= 15 is 0 Å². The van der Waals surface area contributed by atoms with Gasteiger partial charge in [-0.05, 0) is 49.2 Å². The summed E-state index contributed by atoms with van der Waals surface area (Å²) in [5.41, 5.74) is 3.31. The Morgan fingerprint density at radius 1 is 1.11 bits per heavy atom. The third-order valence-electron chi connectivity index (χ3n) is 2.80. The van der Waals surface area contributed by atoms with E-state index in [1.165, 1.54) is 0 Å². The molecule has 0 amide bonds. The fraction of sp³-hybridized carbons (Fsp3) is 0.200. The van der Waals surface area contributed by atoms with Gasteiger partial charge in [0.1, 0.15) is 5.75 Å². The molecule has 94 valence electrons. The monoisotopic (exact) mass is 324 g/mol. The molecule has 0 N–H and O–H groups in total. The number of halogens is 2. The second-order valence-electron chi connectivity index (χ2n) is 3.99. The van der Waals surface area contributed by atoms with Crippen molar-refractivity contribution in [1.29, 1.82) is 0 Å². The molecule has 0 fully saturated rings. The van der Waals surface area contributed by atoms with E-state index in [0.29, 0.717) is 6.61 Å². The molecule has 0 aliphatic carbocycles. The largest absolute Gasteiger partial charge is 0.494 e. The molecular weight excluding hydrogens is 312 g/mol. The maximum atomic E-state index is 6.28. The van der Waals surface area contributed by atoms with Gasteiger partial charge in [-0.1, -0.05) is 39.7 Å². The van der Waals surface area contributed by atoms with Gasteiger partial charge in [0.05, 0.1) is 6.61 Å². The normalized spacial score (nSPS) is 10.4. The van der Waals surface area contributed by atoms with E-state index in [1.54, 1.807) is 0 Å². The molecule has 0 heterocycles. The Morgan fingerprint density at radius 3 is 2.39 bits per heavy atom. The molecule has 0 saturated carbocycles. The summed E-state index contributed by atoms with van der Waals surface area (Å²) in [5, 5.41) is 0.764. The zero-order chi connectivity index (χ0) is 13.1. The smallest absolute Gasteiger partial charge is 0.119 e. The minimum absolute atomic E-state index is 0.677. The van der Waals surface area contributed by atoms with Crippen molar-refractivity contribution in [2.75, 3.05) is 6.61 Å². The molecule has 0 unspecified atom stereocenters. The topological polar surface area (TPSA) is 9.23 Å². The number of rotatable bonds is 3. The van der Waals surface area contributed by atoms with Crippen molar-refractivity contribution < 1.29 is 4.74 Å². The number of hydrogen-bond donors (Lipinski definition) is 0. The van der Waals surface area contributed by atoms with E-state index in [9.17, 15) is 0 Å². The van der Waals surface area contributed by atoms with E-state index in [4.69, 9.17) is 16.3 Å². The quantitative estimate of drug-likeness (QED) is 0.726. The van der Waals surface area contributed by atoms with E-state index in [1.807, 2.05) is 43.3 Å². The Morgan fingerprint density at radius 2 is 1.78 bits per heavy atom. The molecular formula is C15H14BrClO. The minimum atomic E-state index is 0.677. The van der Waals surface area contributed by atoms with Crippen molar-refractivity contribution in [2.24, 2.45) is 0 Å². The first-order chi connectivity index (χ1) is 8.63. The van der Waals surface area contributed by atoms with Gasteiger partial charge in [-0.3, -0.25) is 0 Å². The molecule has 18 heavy (non-hydrogen) atoms. The Balaban J connectivity index is 2.45. The zero-order valence-electron chi connectivity index (χ0n) is 10.3. The van der Waals surface area contributed by atoms with Crippen molar-refractivity contribution in [3.05, 3.63) is 51.5 Å². The molecule has 0 spiro atoms. The molecule has 0 aliphatic rings. The van der Waals surface area contributed by atoms with Crippen LogP contribution in [0, 0.1) is 6.92 Å². The molecule has 0 atom stereocenters. The van der Waals surface area contributed by atoms with Crippen LogP contribution < -0.4 is 4.74 Å². The zero-order valence-corrected chi connectivity index (χ0v) is 12.7. The molecule has 2 aromatic carbocycles. The highest BCUT2D eigenvalue weighted by molar-refractivity contribution is 9.10. The maximum Gasteiger partial charge on any atom is 0.119 e. The Hall–Kier alpha value is -0.990. The summed E-state index contributed by atoms with van der Waals surface area (Å²) < 4.78 is 6.50. The van der Waals surface area contributed by atoms with E-state index < -0.39 is 0 Å². The Kier molecular flexibility index (Phi) is 4.31. The van der Waals surface area contributed by atoms with Gasteiger partial charge in [0, 0.05) is 15.1 Å². The van der Waals surface area contributed by atoms with Crippen molar-refractivity contribution in [1.82, 2.24) is 0 Å². The third-order valence-corrected chi connectivity index (χ3v) is 3.98. The Bertz CT molecular complexity index is 549. The molecule has 1 nitrogen and oxygen atoms in total. The van der Waals surface area contributed by atoms with Crippen molar-refractivity contribution in [3.8, 4) is 16.9 Å². The summed E-state index contributed by atoms with van der Waals surface area (Å²) in [5.74, 6) is 0.880. The lowest BCUT2D eigenvalue weighted by Gasteiger charge is -2.11. The van der Waals surface area contributed by atoms with Crippen LogP contribution in [0.1, 0.15) is 12.5 Å². The van der Waals surface area contributed by atoms with Crippen LogP contribution >= 0.6 is 27.5 Å². The van der Waals surface area contributed by atoms with Crippen LogP contribution in [0.5, 0.6) is 5.75 Å². The summed E-state index contributed by atoms with van der Waals surface area (Å²) >= 11 is 9.82. The number of hydrogen-bond acceptors (Lipinski definition) is 1. The minimum Gasteiger partial charge on any atom is -0.494 e. The van der Waals surface area contributed by atoms with Crippen molar-refractivity contribution >= 4 is 27.5 Å². The SMILES string of the molecule is CCOc1ccc(-c2c(Cl)ccc(Br)c2C)cc1. The van der Waals surface area contributed by atoms with Crippen LogP contribution in [-0.2, 0) is 0 Å². The molecule has 0 saturated heterocycles. The molecule has 0 bridgehead atoms. The lowest BCUT2D eigenvalue weighted by molar-refractivity contribution is 0.340. The third kappa shape index (κ3) is 2.70. The highest BCUT2D eigenvalue weighted by Crippen LogP contribution is 2.35. The lowest BCUT2D eigenvalue weighted by atomic mass is 10.0. The first-order valence-electron chi connectivity index (χ1n) is 5.81. The fourth-order valence-corrected chi connectivity index (χ4v) is 2.54. The molecule has 0 aliphatic heterocycles. The van der Waals surface area contributed by atoms with Gasteiger partial charge < -0.3 is 4.74 Å². The van der Waals surface area contributed by atoms with Gasteiger partial charge in [-0.15, -0.1) is 0 Å². The van der Waals surface area contributed by atoms with E-state index in [2.05, 4.69) is 22.9 Å². The highest BCUT2D eigenvalue weighted by atomic mass is 79.9. The first kappa shape index (κ1) is 13.4. The van der Waals surface area contributed by atoms with Gasteiger partial charge in [0.25, 0.3) is 0 Å². The van der Waals surface area contributed by atoms with Crippen LogP contribution in [0.15, 0.2) is 40.9 Å². The maximum absolute atomic E-state index is 6.28. The van der Waals surface area contributed by atoms with Crippen LogP contribution in [-0.4, -0.2) is 6.61 Å². The second kappa shape index (κ2) is 5.77. The molecule has 0 aromatic heterocycles. The molecule has 2 rings (SSSR count). The predicted molar refractivity (Wildman–Crippen MR) is 80.5 cm³/mol. The summed E-state index contributed by atoms with van der Waals surface area (Å²) in [6.45, 7) is 4.71. The van der Waals surface area contributed by atoms with Gasteiger partial charge >= 0.3 is 0 Å². The van der Waals surface area contributed by atoms with Crippen LogP contribution in [0.3, 0.4) is 0 Å². The first-order valence-corrected chi connectivity index (χ1v) is 6.98. The number of benzene rings is 2. The lowest BCUT2D eigenvalue weighted by Crippen LogP contribution is -1.91. The van der Waals surface area contributed by atoms with Crippen LogP contribution in [0.4, 0.5) is 0 Å². The summed E-state index contributed by atoms with van der Waals surface area (Å²) in [4.78, 5) is 0. The standard InChI is InChI=1S/C15H14BrClO/c1-3-18-12-6-4-11(5-7-12)15-10(2)13(16)8-9-14(15)17/h4-9H,3H2,1-2H3. The van der Waals surface area contributed by atoms with Crippen molar-refractivity contribution in [2.45, 2.75) is 13.8 Å². The summed E-state index contributed by atoms with van der Waals surface area (Å²) in [7, 11) is 0. The average Bonchev–Trinajstić information content (AvgIpc) is 2.37. The van der Waals surface area contributed by atoms with E-state index in [0.717, 1.165) is 31.9 Å². The molecule has 3 heteroatoms. The van der Waals surface area contributed by atoms with Crippen molar-refractivity contribution in [3.63, 3.8) is 0 Å². The van der Waals surface area contributed by atoms with E-state index in [-0.39, 0.29) is 0 Å². The summed E-state index contributed by atoms with van der Waals surface area (Å²) in [6.07, 6.45) is 0. The molecule has 0 radical (unpaired) electrons. The second-order valence-corrected chi connectivity index (χ2v) is 5.25. The molecule has 2 aromatic rings. The average molecular weight is 326 g/mol. The fourth-order valence-electron chi connectivity index (χ4n) is 1.89. The summed E-state index contributed by atoms with van der Waals surface area (Å²) in [6, 6.07) is 11.9. The highest BCUT2D eigenvalue weighted by Gasteiger charge is 2.09. The van der Waals surface area contributed by atoms with Crippen LogP contribution in [0.25, 0.3) is 11.1 Å². The van der Waals surface area contributed by atoms with Gasteiger partial charge in [0.15, 0.2) is 0 Å². The van der Waals surface area contributed by atoms with Gasteiger partial charge in [-0.2, -0.15) is 0 Å². The predicted octanol–water partition coefficient (Wildman–Crippen LogP) is 5.48. The Labute approximate surface area is 121 Å². The van der Waals surface area contributed by atoms with Crippen LogP contribution in [0.2, 0.25) is 5.02 Å². The van der Waals surface area contributed by atoms with Gasteiger partial charge in [-0.25, -0.2) is 0 Å². The van der Waals surface area contributed by atoms with Gasteiger partial charge in [0.2, 0.25) is 0 Å².